The topological polar surface area (TPSA) is 99.5 Å². The molecule has 1 aromatic rings. The molecular formula is C15H20F3N3O5. The average Bonchev–Trinajstić information content (AvgIpc) is 2.92. The van der Waals surface area contributed by atoms with Gasteiger partial charge in [0.05, 0.1) is 12.3 Å². The van der Waals surface area contributed by atoms with E-state index in [2.05, 4.69) is 4.98 Å². The summed E-state index contributed by atoms with van der Waals surface area (Å²) in [5.74, 6) is -3.33. The molecule has 11 heteroatoms. The lowest BCUT2D eigenvalue weighted by Crippen LogP contribution is -2.49. The van der Waals surface area contributed by atoms with E-state index in [1.165, 1.54) is 27.0 Å². The molecule has 1 heterocycles. The number of ether oxygens (including phenoxy) is 2. The van der Waals surface area contributed by atoms with Gasteiger partial charge in [0, 0.05) is 12.6 Å². The van der Waals surface area contributed by atoms with E-state index in [4.69, 9.17) is 9.47 Å². The zero-order chi connectivity index (χ0) is 20.1. The average molecular weight is 379 g/mol. The fourth-order valence-electron chi connectivity index (χ4n) is 1.78. The fraction of sp³-hybridized carbons (Fsp3) is 0.600. The number of amides is 1. The van der Waals surface area contributed by atoms with E-state index >= 15 is 0 Å². The van der Waals surface area contributed by atoms with Crippen LogP contribution in [0.15, 0.2) is 12.5 Å². The fourth-order valence-corrected chi connectivity index (χ4v) is 1.78. The molecule has 0 fully saturated rings. The molecule has 146 valence electrons. The number of carbonyl (C=O) groups is 3. The summed E-state index contributed by atoms with van der Waals surface area (Å²) in [6.45, 7) is 6.31. The largest absolute Gasteiger partial charge is 0.471 e. The van der Waals surface area contributed by atoms with Crippen molar-refractivity contribution in [2.45, 2.75) is 51.9 Å². The second-order valence-electron chi connectivity index (χ2n) is 6.23. The highest BCUT2D eigenvalue weighted by Crippen LogP contribution is 2.16. The van der Waals surface area contributed by atoms with Crippen molar-refractivity contribution in [3.63, 3.8) is 0 Å². The standard InChI is InChI=1S/C15H20F3N3O5/c1-5-25-13(24)21-7-9(19-8-21)6-10(11(22)26-14(2,3)4)20-12(23)15(16,17)18/h7-8,10H,5-6H2,1-4H3,(H,20,23)/t10-/m0/s1. The number of aromatic nitrogens is 2. The van der Waals surface area contributed by atoms with Gasteiger partial charge in [-0.2, -0.15) is 13.2 Å². The van der Waals surface area contributed by atoms with Gasteiger partial charge in [-0.05, 0) is 27.7 Å². The molecule has 1 amide bonds. The van der Waals surface area contributed by atoms with Gasteiger partial charge < -0.3 is 14.8 Å². The summed E-state index contributed by atoms with van der Waals surface area (Å²) in [5.41, 5.74) is -0.876. The zero-order valence-electron chi connectivity index (χ0n) is 14.7. The number of carbonyl (C=O) groups excluding carboxylic acids is 3. The molecule has 0 saturated heterocycles. The highest BCUT2D eigenvalue weighted by molar-refractivity contribution is 5.87. The van der Waals surface area contributed by atoms with Crippen LogP contribution >= 0.6 is 0 Å². The Bertz CT molecular complexity index is 664. The van der Waals surface area contributed by atoms with Gasteiger partial charge in [0.2, 0.25) is 0 Å². The molecule has 0 spiro atoms. The molecule has 0 aromatic carbocycles. The SMILES string of the molecule is CCOC(=O)n1cnc(C[C@H](NC(=O)C(F)(F)F)C(=O)OC(C)(C)C)c1. The molecule has 8 nitrogen and oxygen atoms in total. The Balaban J connectivity index is 2.96. The van der Waals surface area contributed by atoms with Crippen LogP contribution in [-0.2, 0) is 25.5 Å². The lowest BCUT2D eigenvalue weighted by Gasteiger charge is -2.24. The Morgan fingerprint density at radius 3 is 2.38 bits per heavy atom. The van der Waals surface area contributed by atoms with Crippen molar-refractivity contribution in [3.8, 4) is 0 Å². The molecule has 0 aliphatic rings. The monoisotopic (exact) mass is 379 g/mol. The zero-order valence-corrected chi connectivity index (χ0v) is 14.7. The molecule has 0 aliphatic carbocycles. The van der Waals surface area contributed by atoms with Crippen LogP contribution in [0.5, 0.6) is 0 Å². The van der Waals surface area contributed by atoms with Crippen molar-refractivity contribution in [2.75, 3.05) is 6.61 Å². The number of alkyl halides is 3. The number of halogens is 3. The summed E-state index contributed by atoms with van der Waals surface area (Å²) in [5, 5.41) is 1.59. The van der Waals surface area contributed by atoms with E-state index in [1.807, 2.05) is 0 Å². The van der Waals surface area contributed by atoms with Gasteiger partial charge in [0.15, 0.2) is 0 Å². The first-order valence-corrected chi connectivity index (χ1v) is 7.64. The number of nitrogens with one attached hydrogen (secondary N) is 1. The van der Waals surface area contributed by atoms with Crippen LogP contribution in [0.25, 0.3) is 0 Å². The maximum absolute atomic E-state index is 12.5. The molecule has 0 aliphatic heterocycles. The third-order valence-corrected chi connectivity index (χ3v) is 2.78. The second kappa shape index (κ2) is 8.19. The second-order valence-corrected chi connectivity index (χ2v) is 6.23. The minimum Gasteiger partial charge on any atom is -0.458 e. The molecule has 0 radical (unpaired) electrons. The van der Waals surface area contributed by atoms with E-state index in [1.54, 1.807) is 12.2 Å². The van der Waals surface area contributed by atoms with Gasteiger partial charge >= 0.3 is 24.1 Å². The number of imidazole rings is 1. The summed E-state index contributed by atoms with van der Waals surface area (Å²) in [6, 6.07) is -1.63. The molecule has 1 rings (SSSR count). The van der Waals surface area contributed by atoms with Gasteiger partial charge in [0.25, 0.3) is 0 Å². The van der Waals surface area contributed by atoms with Crippen LogP contribution < -0.4 is 5.32 Å². The van der Waals surface area contributed by atoms with Gasteiger partial charge in [0.1, 0.15) is 18.0 Å². The Morgan fingerprint density at radius 2 is 1.88 bits per heavy atom. The highest BCUT2D eigenvalue weighted by Gasteiger charge is 2.41. The van der Waals surface area contributed by atoms with Crippen molar-refractivity contribution >= 4 is 18.0 Å². The Morgan fingerprint density at radius 1 is 1.27 bits per heavy atom. The van der Waals surface area contributed by atoms with Crippen molar-refractivity contribution in [1.29, 1.82) is 0 Å². The Hall–Kier alpha value is -2.59. The van der Waals surface area contributed by atoms with Crippen molar-refractivity contribution < 1.29 is 37.0 Å². The molecule has 0 saturated carbocycles. The third kappa shape index (κ3) is 6.73. The normalized spacial score (nSPS) is 13.0. The minimum absolute atomic E-state index is 0.0939. The van der Waals surface area contributed by atoms with E-state index in [9.17, 15) is 27.6 Å². The summed E-state index contributed by atoms with van der Waals surface area (Å²) < 4.78 is 48.2. The first kappa shape index (κ1) is 21.5. The highest BCUT2D eigenvalue weighted by atomic mass is 19.4. The van der Waals surface area contributed by atoms with E-state index in [0.29, 0.717) is 0 Å². The molecular weight excluding hydrogens is 359 g/mol. The Labute approximate surface area is 147 Å². The van der Waals surface area contributed by atoms with Crippen LogP contribution in [-0.4, -0.2) is 51.9 Å². The first-order valence-electron chi connectivity index (χ1n) is 7.64. The third-order valence-electron chi connectivity index (χ3n) is 2.78. The van der Waals surface area contributed by atoms with Crippen molar-refractivity contribution in [1.82, 2.24) is 14.9 Å². The number of hydrogen-bond acceptors (Lipinski definition) is 6. The molecule has 0 unspecified atom stereocenters. The molecule has 0 bridgehead atoms. The number of nitrogens with zero attached hydrogens (tertiary/aromatic N) is 2. The molecule has 1 aromatic heterocycles. The molecule has 1 atom stereocenters. The van der Waals surface area contributed by atoms with Gasteiger partial charge in [-0.3, -0.25) is 4.79 Å². The van der Waals surface area contributed by atoms with Crippen molar-refractivity contribution in [2.24, 2.45) is 0 Å². The number of esters is 1. The van der Waals surface area contributed by atoms with Crippen LogP contribution in [0, 0.1) is 0 Å². The van der Waals surface area contributed by atoms with Gasteiger partial charge in [-0.15, -0.1) is 0 Å². The molecule has 26 heavy (non-hydrogen) atoms. The molecule has 1 N–H and O–H groups in total. The quantitative estimate of drug-likeness (QED) is 0.784. The summed E-state index contributed by atoms with van der Waals surface area (Å²) in [6.07, 6.45) is -4.02. The van der Waals surface area contributed by atoms with Crippen LogP contribution in [0.2, 0.25) is 0 Å². The first-order chi connectivity index (χ1) is 11.8. The van der Waals surface area contributed by atoms with Crippen LogP contribution in [0.3, 0.4) is 0 Å². The lowest BCUT2D eigenvalue weighted by atomic mass is 10.1. The maximum atomic E-state index is 12.5. The summed E-state index contributed by atoms with van der Waals surface area (Å²) >= 11 is 0. The summed E-state index contributed by atoms with van der Waals surface area (Å²) in [4.78, 5) is 38.7. The van der Waals surface area contributed by atoms with Crippen LogP contribution in [0.1, 0.15) is 33.4 Å². The summed E-state index contributed by atoms with van der Waals surface area (Å²) in [7, 11) is 0. The maximum Gasteiger partial charge on any atom is 0.471 e. The smallest absolute Gasteiger partial charge is 0.458 e. The minimum atomic E-state index is -5.16. The van der Waals surface area contributed by atoms with Crippen molar-refractivity contribution in [3.05, 3.63) is 18.2 Å². The van der Waals surface area contributed by atoms with E-state index < -0.39 is 42.2 Å². The number of hydrogen-bond donors (Lipinski definition) is 1. The van der Waals surface area contributed by atoms with Crippen LogP contribution in [0.4, 0.5) is 18.0 Å². The van der Waals surface area contributed by atoms with E-state index in [-0.39, 0.29) is 12.3 Å². The Kier molecular flexibility index (Phi) is 6.76. The van der Waals surface area contributed by atoms with Gasteiger partial charge in [-0.25, -0.2) is 19.1 Å². The predicted octanol–water partition coefficient (Wildman–Crippen LogP) is 1.82. The number of rotatable bonds is 5. The lowest BCUT2D eigenvalue weighted by molar-refractivity contribution is -0.177. The van der Waals surface area contributed by atoms with Gasteiger partial charge in [-0.1, -0.05) is 0 Å². The predicted molar refractivity (Wildman–Crippen MR) is 82.2 cm³/mol. The van der Waals surface area contributed by atoms with E-state index in [0.717, 1.165) is 10.9 Å².